The van der Waals surface area contributed by atoms with Gasteiger partial charge in [-0.25, -0.2) is 0 Å². The molecule has 0 spiro atoms. The van der Waals surface area contributed by atoms with Gasteiger partial charge in [-0.1, -0.05) is 65.8 Å². The molecule has 0 saturated heterocycles. The topological polar surface area (TPSA) is 0 Å². The van der Waals surface area contributed by atoms with Crippen LogP contribution in [0.25, 0.3) is 0 Å². The van der Waals surface area contributed by atoms with Crippen molar-refractivity contribution in [1.29, 1.82) is 0 Å². The molecule has 1 aromatic carbocycles. The summed E-state index contributed by atoms with van der Waals surface area (Å²) in [4.78, 5) is 0. The number of benzene rings is 1. The van der Waals surface area contributed by atoms with E-state index in [1.54, 1.807) is 0 Å². The zero-order valence-corrected chi connectivity index (χ0v) is 11.2. The molecule has 0 amide bonds. The lowest BCUT2D eigenvalue weighted by Gasteiger charge is -2.26. The Labute approximate surface area is 95.7 Å². The zero-order valence-electron chi connectivity index (χ0n) is 11.2. The van der Waals surface area contributed by atoms with Crippen LogP contribution in [-0.4, -0.2) is 0 Å². The molecule has 0 bridgehead atoms. The standard InChI is InChI=1S/C13H20.C2H6/c1-5-11-9-7-8-10-12(11)13(3,4)6-2;1-2/h7-10H,5-6H2,1-4H3;1-2H3. The van der Waals surface area contributed by atoms with E-state index >= 15 is 0 Å². The highest BCUT2D eigenvalue weighted by Crippen LogP contribution is 2.29. The van der Waals surface area contributed by atoms with Crippen LogP contribution in [-0.2, 0) is 11.8 Å². The van der Waals surface area contributed by atoms with Gasteiger partial charge in [0, 0.05) is 0 Å². The van der Waals surface area contributed by atoms with Gasteiger partial charge in [0.1, 0.15) is 0 Å². The third-order valence-electron chi connectivity index (χ3n) is 3.01. The van der Waals surface area contributed by atoms with Crippen LogP contribution in [0.5, 0.6) is 0 Å². The van der Waals surface area contributed by atoms with E-state index < -0.39 is 0 Å². The third-order valence-corrected chi connectivity index (χ3v) is 3.01. The van der Waals surface area contributed by atoms with Gasteiger partial charge < -0.3 is 0 Å². The smallest absolute Gasteiger partial charge is 0.0103 e. The molecule has 0 fully saturated rings. The Morgan fingerprint density at radius 1 is 1.00 bits per heavy atom. The minimum Gasteiger partial charge on any atom is -0.0683 e. The number of aryl methyl sites for hydroxylation is 1. The Kier molecular flexibility index (Phi) is 6.31. The first-order valence-electron chi connectivity index (χ1n) is 6.20. The normalized spacial score (nSPS) is 10.5. The molecule has 0 aliphatic heterocycles. The molecule has 0 heteroatoms. The first-order chi connectivity index (χ1) is 7.11. The maximum absolute atomic E-state index is 2.32. The Bertz CT molecular complexity index is 271. The monoisotopic (exact) mass is 206 g/mol. The first kappa shape index (κ1) is 14.2. The van der Waals surface area contributed by atoms with E-state index in [9.17, 15) is 0 Å². The minimum atomic E-state index is 0.326. The molecule has 1 aromatic rings. The van der Waals surface area contributed by atoms with Crippen LogP contribution in [0.4, 0.5) is 0 Å². The highest BCUT2D eigenvalue weighted by molar-refractivity contribution is 5.33. The summed E-state index contributed by atoms with van der Waals surface area (Å²) in [5.41, 5.74) is 3.33. The average molecular weight is 206 g/mol. The molecular formula is C15H26. The van der Waals surface area contributed by atoms with Gasteiger partial charge >= 0.3 is 0 Å². The third kappa shape index (κ3) is 3.70. The van der Waals surface area contributed by atoms with Crippen molar-refractivity contribution in [2.75, 3.05) is 0 Å². The predicted octanol–water partition coefficient (Wildman–Crippen LogP) is 4.96. The second-order valence-corrected chi connectivity index (χ2v) is 4.25. The number of hydrogen-bond donors (Lipinski definition) is 0. The second-order valence-electron chi connectivity index (χ2n) is 4.25. The quantitative estimate of drug-likeness (QED) is 0.655. The summed E-state index contributed by atoms with van der Waals surface area (Å²) in [6, 6.07) is 8.79. The Morgan fingerprint density at radius 3 is 2.00 bits per heavy atom. The molecule has 0 unspecified atom stereocenters. The van der Waals surface area contributed by atoms with E-state index in [-0.39, 0.29) is 0 Å². The maximum Gasteiger partial charge on any atom is -0.0103 e. The van der Waals surface area contributed by atoms with E-state index in [1.807, 2.05) is 13.8 Å². The van der Waals surface area contributed by atoms with Crippen LogP contribution >= 0.6 is 0 Å². The lowest BCUT2D eigenvalue weighted by atomic mass is 9.79. The van der Waals surface area contributed by atoms with Crippen molar-refractivity contribution in [3.8, 4) is 0 Å². The summed E-state index contributed by atoms with van der Waals surface area (Å²) < 4.78 is 0. The summed E-state index contributed by atoms with van der Waals surface area (Å²) in [5, 5.41) is 0. The van der Waals surface area contributed by atoms with E-state index in [4.69, 9.17) is 0 Å². The van der Waals surface area contributed by atoms with Crippen molar-refractivity contribution >= 4 is 0 Å². The average Bonchev–Trinajstić information content (AvgIpc) is 2.31. The van der Waals surface area contributed by atoms with Gasteiger partial charge in [-0.2, -0.15) is 0 Å². The molecule has 0 atom stereocenters. The molecular weight excluding hydrogens is 180 g/mol. The van der Waals surface area contributed by atoms with Crippen molar-refractivity contribution < 1.29 is 0 Å². The summed E-state index contributed by atoms with van der Waals surface area (Å²) in [7, 11) is 0. The fourth-order valence-corrected chi connectivity index (χ4v) is 1.68. The molecule has 0 heterocycles. The highest BCUT2D eigenvalue weighted by Gasteiger charge is 2.19. The van der Waals surface area contributed by atoms with E-state index in [1.165, 1.54) is 17.5 Å². The van der Waals surface area contributed by atoms with Gasteiger partial charge in [0.15, 0.2) is 0 Å². The van der Waals surface area contributed by atoms with Crippen LogP contribution in [0.1, 0.15) is 59.1 Å². The fraction of sp³-hybridized carbons (Fsp3) is 0.600. The van der Waals surface area contributed by atoms with Gasteiger partial charge in [0.25, 0.3) is 0 Å². The SMILES string of the molecule is CC.CCc1ccccc1C(C)(C)CC. The molecule has 1 rings (SSSR count). The predicted molar refractivity (Wildman–Crippen MR) is 70.5 cm³/mol. The van der Waals surface area contributed by atoms with Gasteiger partial charge in [-0.05, 0) is 29.4 Å². The fourth-order valence-electron chi connectivity index (χ4n) is 1.68. The highest BCUT2D eigenvalue weighted by atomic mass is 14.2. The number of rotatable bonds is 3. The first-order valence-corrected chi connectivity index (χ1v) is 6.20. The van der Waals surface area contributed by atoms with E-state index in [0.717, 1.165) is 6.42 Å². The van der Waals surface area contributed by atoms with Crippen molar-refractivity contribution in [3.63, 3.8) is 0 Å². The molecule has 0 aliphatic rings. The molecule has 0 radical (unpaired) electrons. The summed E-state index contributed by atoms with van der Waals surface area (Å²) in [5.74, 6) is 0. The van der Waals surface area contributed by atoms with Gasteiger partial charge in [0.05, 0.1) is 0 Å². The van der Waals surface area contributed by atoms with Crippen LogP contribution in [0.15, 0.2) is 24.3 Å². The molecule has 0 saturated carbocycles. The van der Waals surface area contributed by atoms with Crippen molar-refractivity contribution in [1.82, 2.24) is 0 Å². The summed E-state index contributed by atoms with van der Waals surface area (Å²) >= 11 is 0. The Balaban J connectivity index is 0.000000921. The zero-order chi connectivity index (χ0) is 11.9. The van der Waals surface area contributed by atoms with Crippen molar-refractivity contribution in [2.45, 2.75) is 59.8 Å². The Hall–Kier alpha value is -0.780. The summed E-state index contributed by atoms with van der Waals surface area (Å²) in [6.45, 7) is 13.1. The van der Waals surface area contributed by atoms with Crippen molar-refractivity contribution in [2.24, 2.45) is 0 Å². The summed E-state index contributed by atoms with van der Waals surface area (Å²) in [6.07, 6.45) is 2.34. The molecule has 0 N–H and O–H groups in total. The van der Waals surface area contributed by atoms with Crippen LogP contribution in [0.2, 0.25) is 0 Å². The molecule has 86 valence electrons. The van der Waals surface area contributed by atoms with E-state index in [0.29, 0.717) is 5.41 Å². The van der Waals surface area contributed by atoms with Gasteiger partial charge in [-0.15, -0.1) is 0 Å². The van der Waals surface area contributed by atoms with Gasteiger partial charge in [0.2, 0.25) is 0 Å². The largest absolute Gasteiger partial charge is 0.0683 e. The lowest BCUT2D eigenvalue weighted by molar-refractivity contribution is 0.501. The number of hydrogen-bond acceptors (Lipinski definition) is 0. The van der Waals surface area contributed by atoms with Crippen LogP contribution < -0.4 is 0 Å². The van der Waals surface area contributed by atoms with Gasteiger partial charge in [-0.3, -0.25) is 0 Å². The maximum atomic E-state index is 2.32. The minimum absolute atomic E-state index is 0.326. The lowest BCUT2D eigenvalue weighted by Crippen LogP contribution is -2.17. The molecule has 0 aliphatic carbocycles. The molecule has 0 nitrogen and oxygen atoms in total. The Morgan fingerprint density at radius 2 is 1.53 bits per heavy atom. The van der Waals surface area contributed by atoms with Crippen LogP contribution in [0, 0.1) is 0 Å². The van der Waals surface area contributed by atoms with Crippen molar-refractivity contribution in [3.05, 3.63) is 35.4 Å². The molecule has 15 heavy (non-hydrogen) atoms. The van der Waals surface area contributed by atoms with E-state index in [2.05, 4.69) is 52.0 Å². The second kappa shape index (κ2) is 6.66. The molecule has 0 aromatic heterocycles. The van der Waals surface area contributed by atoms with Crippen LogP contribution in [0.3, 0.4) is 0 Å².